The summed E-state index contributed by atoms with van der Waals surface area (Å²) in [6.07, 6.45) is 7.96. The van der Waals surface area contributed by atoms with E-state index in [0.29, 0.717) is 11.6 Å². The Morgan fingerprint density at radius 1 is 1.10 bits per heavy atom. The van der Waals surface area contributed by atoms with Crippen LogP contribution < -0.4 is 0 Å². The molecule has 5 heteroatoms. The van der Waals surface area contributed by atoms with Gasteiger partial charge in [-0.05, 0) is 37.8 Å². The van der Waals surface area contributed by atoms with Crippen molar-refractivity contribution in [1.82, 2.24) is 9.47 Å². The van der Waals surface area contributed by atoms with Crippen LogP contribution in [0.5, 0.6) is 0 Å². The van der Waals surface area contributed by atoms with Crippen molar-refractivity contribution in [3.8, 4) is 0 Å². The van der Waals surface area contributed by atoms with E-state index in [1.165, 1.54) is 12.8 Å². The van der Waals surface area contributed by atoms with Crippen LogP contribution in [0, 0.1) is 5.92 Å². The second kappa shape index (κ2) is 5.92. The van der Waals surface area contributed by atoms with Crippen LogP contribution in [0.25, 0.3) is 0 Å². The maximum Gasteiger partial charge on any atom is 0.352 e. The predicted octanol–water partition coefficient (Wildman–Crippen LogP) is 2.54. The molecule has 5 nitrogen and oxygen atoms in total. The molecule has 0 spiro atoms. The molecule has 1 aromatic rings. The highest BCUT2D eigenvalue weighted by Gasteiger charge is 2.31. The van der Waals surface area contributed by atoms with Gasteiger partial charge in [-0.25, -0.2) is 4.79 Å². The van der Waals surface area contributed by atoms with Crippen LogP contribution in [0.4, 0.5) is 0 Å². The molecule has 0 unspecified atom stereocenters. The SMILES string of the molecule is O=C(O)c1cccn1C1CCN(C(=O)C2CCCC2)CC1. The average Bonchev–Trinajstić information content (AvgIpc) is 3.18. The van der Waals surface area contributed by atoms with E-state index in [-0.39, 0.29) is 12.0 Å². The van der Waals surface area contributed by atoms with Crippen LogP contribution in [0.1, 0.15) is 55.1 Å². The second-order valence-corrected chi connectivity index (χ2v) is 6.14. The molecule has 0 radical (unpaired) electrons. The van der Waals surface area contributed by atoms with Crippen molar-refractivity contribution in [1.29, 1.82) is 0 Å². The lowest BCUT2D eigenvalue weighted by atomic mass is 10.0. The standard InChI is InChI=1S/C16H22N2O3/c19-15(12-4-1-2-5-12)17-10-7-13(8-11-17)18-9-3-6-14(18)16(20)21/h3,6,9,12-13H,1-2,4-5,7-8,10-11H2,(H,20,21). The molecule has 21 heavy (non-hydrogen) atoms. The molecular formula is C16H22N2O3. The number of carboxylic acids is 1. The van der Waals surface area contributed by atoms with Gasteiger partial charge >= 0.3 is 5.97 Å². The van der Waals surface area contributed by atoms with E-state index in [1.807, 2.05) is 15.7 Å². The number of rotatable bonds is 3. The summed E-state index contributed by atoms with van der Waals surface area (Å²) in [7, 11) is 0. The number of carboxylic acid groups (broad SMARTS) is 1. The summed E-state index contributed by atoms with van der Waals surface area (Å²) < 4.78 is 1.85. The zero-order valence-electron chi connectivity index (χ0n) is 12.2. The molecule has 1 saturated heterocycles. The summed E-state index contributed by atoms with van der Waals surface area (Å²) in [6, 6.07) is 3.61. The van der Waals surface area contributed by atoms with Crippen molar-refractivity contribution >= 4 is 11.9 Å². The first-order valence-corrected chi connectivity index (χ1v) is 7.85. The number of hydrogen-bond acceptors (Lipinski definition) is 2. The molecule has 1 amide bonds. The summed E-state index contributed by atoms with van der Waals surface area (Å²) in [5.74, 6) is -0.330. The van der Waals surface area contributed by atoms with Gasteiger partial charge in [0.15, 0.2) is 0 Å². The average molecular weight is 290 g/mol. The van der Waals surface area contributed by atoms with Gasteiger partial charge in [0.1, 0.15) is 5.69 Å². The highest BCUT2D eigenvalue weighted by atomic mass is 16.4. The minimum absolute atomic E-state index is 0.193. The molecule has 1 saturated carbocycles. The lowest BCUT2D eigenvalue weighted by molar-refractivity contribution is -0.136. The predicted molar refractivity (Wildman–Crippen MR) is 78.2 cm³/mol. The topological polar surface area (TPSA) is 62.5 Å². The summed E-state index contributed by atoms with van der Waals surface area (Å²) in [5, 5.41) is 9.18. The largest absolute Gasteiger partial charge is 0.477 e. The van der Waals surface area contributed by atoms with Gasteiger partial charge in [0.25, 0.3) is 0 Å². The molecule has 1 N–H and O–H groups in total. The molecule has 0 aromatic carbocycles. The Morgan fingerprint density at radius 2 is 1.76 bits per heavy atom. The summed E-state index contributed by atoms with van der Waals surface area (Å²) in [4.78, 5) is 25.6. The van der Waals surface area contributed by atoms with Crippen LogP contribution in [-0.4, -0.2) is 39.5 Å². The molecule has 3 rings (SSSR count). The maximum atomic E-state index is 12.4. The normalized spacial score (nSPS) is 20.9. The quantitative estimate of drug-likeness (QED) is 0.930. The van der Waals surface area contributed by atoms with Gasteiger partial charge < -0.3 is 14.6 Å². The number of carbonyl (C=O) groups excluding carboxylic acids is 1. The Labute approximate surface area is 124 Å². The number of hydrogen-bond donors (Lipinski definition) is 1. The second-order valence-electron chi connectivity index (χ2n) is 6.14. The van der Waals surface area contributed by atoms with Crippen molar-refractivity contribution < 1.29 is 14.7 Å². The van der Waals surface area contributed by atoms with E-state index in [4.69, 9.17) is 0 Å². The van der Waals surface area contributed by atoms with E-state index in [2.05, 4.69) is 0 Å². The molecule has 114 valence electrons. The zero-order valence-corrected chi connectivity index (χ0v) is 12.2. The Kier molecular flexibility index (Phi) is 3.99. The van der Waals surface area contributed by atoms with E-state index in [9.17, 15) is 14.7 Å². The maximum absolute atomic E-state index is 12.4. The Hall–Kier alpha value is -1.78. The smallest absolute Gasteiger partial charge is 0.352 e. The van der Waals surface area contributed by atoms with Crippen molar-refractivity contribution in [2.24, 2.45) is 5.92 Å². The van der Waals surface area contributed by atoms with E-state index in [1.54, 1.807) is 12.1 Å². The van der Waals surface area contributed by atoms with Crippen molar-refractivity contribution in [3.63, 3.8) is 0 Å². The fraction of sp³-hybridized carbons (Fsp3) is 0.625. The molecule has 2 aliphatic rings. The highest BCUT2D eigenvalue weighted by molar-refractivity contribution is 5.85. The van der Waals surface area contributed by atoms with Gasteiger partial charge in [0, 0.05) is 31.2 Å². The molecule has 2 heterocycles. The van der Waals surface area contributed by atoms with Crippen molar-refractivity contribution in [3.05, 3.63) is 24.0 Å². The highest BCUT2D eigenvalue weighted by Crippen LogP contribution is 2.30. The lowest BCUT2D eigenvalue weighted by Gasteiger charge is -2.34. The van der Waals surface area contributed by atoms with Gasteiger partial charge in [0.05, 0.1) is 0 Å². The molecule has 1 aromatic heterocycles. The summed E-state index contributed by atoms with van der Waals surface area (Å²) >= 11 is 0. The number of aromatic carboxylic acids is 1. The first-order valence-electron chi connectivity index (χ1n) is 7.85. The Morgan fingerprint density at radius 3 is 2.38 bits per heavy atom. The summed E-state index contributed by atoms with van der Waals surface area (Å²) in [5.41, 5.74) is 0.343. The van der Waals surface area contributed by atoms with Crippen LogP contribution in [0.3, 0.4) is 0 Å². The molecular weight excluding hydrogens is 268 g/mol. The van der Waals surface area contributed by atoms with Crippen LogP contribution >= 0.6 is 0 Å². The minimum atomic E-state index is -0.885. The number of piperidine rings is 1. The fourth-order valence-electron chi connectivity index (χ4n) is 3.69. The van der Waals surface area contributed by atoms with Gasteiger partial charge in [-0.15, -0.1) is 0 Å². The number of aromatic nitrogens is 1. The van der Waals surface area contributed by atoms with E-state index in [0.717, 1.165) is 38.8 Å². The van der Waals surface area contributed by atoms with Crippen LogP contribution in [0.2, 0.25) is 0 Å². The lowest BCUT2D eigenvalue weighted by Crippen LogP contribution is -2.41. The Bertz CT molecular complexity index is 523. The molecule has 0 atom stereocenters. The Balaban J connectivity index is 1.61. The first-order chi connectivity index (χ1) is 10.2. The minimum Gasteiger partial charge on any atom is -0.477 e. The van der Waals surface area contributed by atoms with Gasteiger partial charge in [0.2, 0.25) is 5.91 Å². The van der Waals surface area contributed by atoms with E-state index >= 15 is 0 Å². The molecule has 1 aliphatic carbocycles. The monoisotopic (exact) mass is 290 g/mol. The first kappa shape index (κ1) is 14.2. The summed E-state index contributed by atoms with van der Waals surface area (Å²) in [6.45, 7) is 1.49. The molecule has 2 fully saturated rings. The van der Waals surface area contributed by atoms with Gasteiger partial charge in [-0.1, -0.05) is 12.8 Å². The fourth-order valence-corrected chi connectivity index (χ4v) is 3.69. The third-order valence-electron chi connectivity index (χ3n) is 4.87. The number of amides is 1. The third kappa shape index (κ3) is 2.82. The number of carbonyl (C=O) groups is 2. The van der Waals surface area contributed by atoms with Crippen molar-refractivity contribution in [2.45, 2.75) is 44.6 Å². The van der Waals surface area contributed by atoms with Gasteiger partial charge in [-0.2, -0.15) is 0 Å². The zero-order chi connectivity index (χ0) is 14.8. The number of likely N-dealkylation sites (tertiary alicyclic amines) is 1. The third-order valence-corrected chi connectivity index (χ3v) is 4.87. The van der Waals surface area contributed by atoms with Crippen LogP contribution in [0.15, 0.2) is 18.3 Å². The molecule has 0 bridgehead atoms. The number of nitrogens with zero attached hydrogens (tertiary/aromatic N) is 2. The van der Waals surface area contributed by atoms with Crippen molar-refractivity contribution in [2.75, 3.05) is 13.1 Å². The van der Waals surface area contributed by atoms with E-state index < -0.39 is 5.97 Å². The molecule has 1 aliphatic heterocycles. The van der Waals surface area contributed by atoms with Gasteiger partial charge in [-0.3, -0.25) is 4.79 Å². The van der Waals surface area contributed by atoms with Crippen LogP contribution in [-0.2, 0) is 4.79 Å².